The Morgan fingerprint density at radius 1 is 0.818 bits per heavy atom. The lowest BCUT2D eigenvalue weighted by Gasteiger charge is -2.17. The maximum Gasteiger partial charge on any atom is 0.419 e. The third-order valence-corrected chi connectivity index (χ3v) is 6.97. The lowest BCUT2D eigenvalue weighted by atomic mass is 10.0. The van der Waals surface area contributed by atoms with Crippen molar-refractivity contribution in [3.63, 3.8) is 0 Å². The van der Waals surface area contributed by atoms with E-state index in [2.05, 4.69) is 28.7 Å². The van der Waals surface area contributed by atoms with Gasteiger partial charge in [0.2, 0.25) is 0 Å². The molecule has 0 radical (unpaired) electrons. The largest absolute Gasteiger partial charge is 0.493 e. The van der Waals surface area contributed by atoms with E-state index >= 15 is 0 Å². The lowest BCUT2D eigenvalue weighted by molar-refractivity contribution is -0.140. The van der Waals surface area contributed by atoms with Crippen LogP contribution in [0.15, 0.2) is 48.5 Å². The van der Waals surface area contributed by atoms with E-state index in [0.717, 1.165) is 44.6 Å². The Bertz CT molecular complexity index is 1560. The maximum atomic E-state index is 14.9. The first-order chi connectivity index (χ1) is 20.8. The van der Waals surface area contributed by atoms with Crippen LogP contribution in [0.3, 0.4) is 0 Å². The van der Waals surface area contributed by atoms with Crippen molar-refractivity contribution in [1.29, 1.82) is 0 Å². The van der Waals surface area contributed by atoms with Crippen LogP contribution in [0.2, 0.25) is 0 Å². The summed E-state index contributed by atoms with van der Waals surface area (Å²) in [6.07, 6.45) is -3.40. The second-order valence-corrected chi connectivity index (χ2v) is 10.3. The first-order valence-electron chi connectivity index (χ1n) is 14.4. The standard InChI is InChI=1S/C32H35F6N3O3/c1-5-14-43-28-19-22(42-15-8-13-41(6-2)7-3)18-27-29(28)40-30(39-27)23-11-9-20(16-24(23)31(4,34)35)44-21-10-12-26(33)25(17-21)32(36,37)38/h9-12,16-19H,5-8,13-15H2,1-4H3,(H,39,40). The van der Waals surface area contributed by atoms with Crippen LogP contribution in [-0.4, -0.2) is 47.7 Å². The molecule has 0 saturated heterocycles. The molecule has 0 spiro atoms. The number of alkyl halides is 5. The van der Waals surface area contributed by atoms with Crippen LogP contribution in [0.4, 0.5) is 26.3 Å². The molecule has 44 heavy (non-hydrogen) atoms. The Balaban J connectivity index is 1.67. The SMILES string of the molecule is CCCOc1cc(OCCCN(CC)CC)cc2[nH]c(-c3ccc(Oc4ccc(F)c(C(F)(F)F)c4)cc3C(C)(F)F)nc12. The molecular weight excluding hydrogens is 588 g/mol. The molecule has 0 aliphatic rings. The van der Waals surface area contributed by atoms with Crippen LogP contribution < -0.4 is 14.2 Å². The Morgan fingerprint density at radius 2 is 1.50 bits per heavy atom. The molecule has 12 heteroatoms. The Labute approximate surface area is 251 Å². The minimum absolute atomic E-state index is 0.0549. The summed E-state index contributed by atoms with van der Waals surface area (Å²) in [5.41, 5.74) is -0.997. The summed E-state index contributed by atoms with van der Waals surface area (Å²) in [5.74, 6) is -4.26. The van der Waals surface area contributed by atoms with Gasteiger partial charge in [-0.25, -0.2) is 18.2 Å². The molecule has 4 aromatic rings. The lowest BCUT2D eigenvalue weighted by Crippen LogP contribution is -2.25. The number of hydrogen-bond donors (Lipinski definition) is 1. The number of fused-ring (bicyclic) bond motifs is 1. The zero-order valence-electron chi connectivity index (χ0n) is 25.0. The highest BCUT2D eigenvalue weighted by Crippen LogP contribution is 2.41. The van der Waals surface area contributed by atoms with Gasteiger partial charge >= 0.3 is 6.18 Å². The van der Waals surface area contributed by atoms with E-state index in [1.54, 1.807) is 12.1 Å². The number of ether oxygens (including phenoxy) is 3. The molecule has 1 N–H and O–H groups in total. The number of aromatic amines is 1. The quantitative estimate of drug-likeness (QED) is 0.112. The average molecular weight is 624 g/mol. The zero-order valence-corrected chi connectivity index (χ0v) is 25.0. The molecule has 1 heterocycles. The summed E-state index contributed by atoms with van der Waals surface area (Å²) in [7, 11) is 0. The molecule has 4 rings (SSSR count). The van der Waals surface area contributed by atoms with Gasteiger partial charge in [-0.3, -0.25) is 0 Å². The molecule has 0 aliphatic carbocycles. The van der Waals surface area contributed by atoms with E-state index in [1.807, 2.05) is 6.92 Å². The Kier molecular flexibility index (Phi) is 10.3. The van der Waals surface area contributed by atoms with E-state index in [-0.39, 0.29) is 22.9 Å². The predicted octanol–water partition coefficient (Wildman–Crippen LogP) is 9.19. The molecule has 6 nitrogen and oxygen atoms in total. The normalized spacial score (nSPS) is 12.2. The van der Waals surface area contributed by atoms with E-state index in [0.29, 0.717) is 54.8 Å². The fraction of sp³-hybridized carbons (Fsp3) is 0.406. The molecule has 0 aliphatic heterocycles. The summed E-state index contributed by atoms with van der Waals surface area (Å²) >= 11 is 0. The van der Waals surface area contributed by atoms with Crippen molar-refractivity contribution in [2.75, 3.05) is 32.8 Å². The van der Waals surface area contributed by atoms with Crippen molar-refractivity contribution in [3.05, 3.63) is 65.5 Å². The van der Waals surface area contributed by atoms with E-state index in [1.165, 1.54) is 12.1 Å². The number of rotatable bonds is 14. The second-order valence-electron chi connectivity index (χ2n) is 10.3. The smallest absolute Gasteiger partial charge is 0.419 e. The van der Waals surface area contributed by atoms with E-state index in [9.17, 15) is 26.3 Å². The number of H-pyrrole nitrogens is 1. The number of imidazole rings is 1. The number of benzene rings is 3. The van der Waals surface area contributed by atoms with E-state index < -0.39 is 29.0 Å². The first kappa shape index (κ1) is 33.0. The van der Waals surface area contributed by atoms with Gasteiger partial charge in [-0.1, -0.05) is 20.8 Å². The van der Waals surface area contributed by atoms with Crippen LogP contribution in [0.5, 0.6) is 23.0 Å². The number of halogens is 6. The number of aromatic nitrogens is 2. The highest BCUT2D eigenvalue weighted by atomic mass is 19.4. The maximum absolute atomic E-state index is 14.9. The zero-order chi connectivity index (χ0) is 32.1. The molecule has 0 amide bonds. The van der Waals surface area contributed by atoms with Crippen LogP contribution in [0.25, 0.3) is 22.4 Å². The fourth-order valence-corrected chi connectivity index (χ4v) is 4.69. The van der Waals surface area contributed by atoms with Crippen LogP contribution >= 0.6 is 0 Å². The summed E-state index contributed by atoms with van der Waals surface area (Å²) in [4.78, 5) is 9.95. The second kappa shape index (κ2) is 13.8. The summed E-state index contributed by atoms with van der Waals surface area (Å²) < 4.78 is 100. The van der Waals surface area contributed by atoms with Crippen LogP contribution in [0.1, 0.15) is 51.7 Å². The van der Waals surface area contributed by atoms with Crippen molar-refractivity contribution in [2.24, 2.45) is 0 Å². The first-order valence-corrected chi connectivity index (χ1v) is 14.4. The fourth-order valence-electron chi connectivity index (χ4n) is 4.69. The van der Waals surface area contributed by atoms with Gasteiger partial charge in [0.25, 0.3) is 5.92 Å². The third kappa shape index (κ3) is 7.96. The van der Waals surface area contributed by atoms with Crippen LogP contribution in [0, 0.1) is 5.82 Å². The summed E-state index contributed by atoms with van der Waals surface area (Å²) in [6, 6.07) is 9.23. The third-order valence-electron chi connectivity index (χ3n) is 6.97. The van der Waals surface area contributed by atoms with Crippen LogP contribution in [-0.2, 0) is 12.1 Å². The molecule has 0 atom stereocenters. The summed E-state index contributed by atoms with van der Waals surface area (Å²) in [6.45, 7) is 10.5. The van der Waals surface area contributed by atoms with Gasteiger partial charge < -0.3 is 24.1 Å². The van der Waals surface area contributed by atoms with Crippen molar-refractivity contribution < 1.29 is 40.6 Å². The van der Waals surface area contributed by atoms with Gasteiger partial charge in [0, 0.05) is 36.7 Å². The monoisotopic (exact) mass is 623 g/mol. The van der Waals surface area contributed by atoms with Crippen molar-refractivity contribution in [3.8, 4) is 34.4 Å². The Hall–Kier alpha value is -3.93. The molecule has 0 saturated carbocycles. The van der Waals surface area contributed by atoms with Crippen molar-refractivity contribution in [1.82, 2.24) is 14.9 Å². The molecule has 3 aromatic carbocycles. The highest BCUT2D eigenvalue weighted by molar-refractivity contribution is 5.87. The molecule has 238 valence electrons. The number of nitrogens with zero attached hydrogens (tertiary/aromatic N) is 2. The Morgan fingerprint density at radius 3 is 2.14 bits per heavy atom. The number of nitrogens with one attached hydrogen (secondary N) is 1. The van der Waals surface area contributed by atoms with Gasteiger partial charge in [-0.05, 0) is 62.3 Å². The highest BCUT2D eigenvalue weighted by Gasteiger charge is 2.35. The van der Waals surface area contributed by atoms with Gasteiger partial charge in [0.15, 0.2) is 5.75 Å². The predicted molar refractivity (Wildman–Crippen MR) is 156 cm³/mol. The van der Waals surface area contributed by atoms with Crippen molar-refractivity contribution in [2.45, 2.75) is 52.6 Å². The van der Waals surface area contributed by atoms with Gasteiger partial charge in [-0.2, -0.15) is 13.2 Å². The minimum Gasteiger partial charge on any atom is -0.493 e. The minimum atomic E-state index is -4.95. The summed E-state index contributed by atoms with van der Waals surface area (Å²) in [5, 5.41) is 0. The number of hydrogen-bond acceptors (Lipinski definition) is 5. The van der Waals surface area contributed by atoms with E-state index in [4.69, 9.17) is 14.2 Å². The molecule has 0 unspecified atom stereocenters. The molecule has 0 bridgehead atoms. The topological polar surface area (TPSA) is 59.6 Å². The van der Waals surface area contributed by atoms with Gasteiger partial charge in [0.1, 0.15) is 34.4 Å². The van der Waals surface area contributed by atoms with Gasteiger partial charge in [0.05, 0.1) is 24.3 Å². The molecular formula is C32H35F6N3O3. The average Bonchev–Trinajstić information content (AvgIpc) is 3.40. The molecule has 0 fully saturated rings. The van der Waals surface area contributed by atoms with Gasteiger partial charge in [-0.15, -0.1) is 0 Å². The van der Waals surface area contributed by atoms with Crippen molar-refractivity contribution >= 4 is 11.0 Å². The molecule has 1 aromatic heterocycles.